The highest BCUT2D eigenvalue weighted by molar-refractivity contribution is 7.98. The van der Waals surface area contributed by atoms with Crippen molar-refractivity contribution in [3.05, 3.63) is 106 Å². The second-order valence-electron chi connectivity index (χ2n) is 9.39. The fourth-order valence-corrected chi connectivity index (χ4v) is 5.48. The first-order valence-electron chi connectivity index (χ1n) is 13.0. The van der Waals surface area contributed by atoms with E-state index in [9.17, 15) is 14.9 Å². The number of aromatic nitrogens is 3. The number of nitro groups is 1. The molecule has 1 fully saturated rings. The number of hydrogen-bond acceptors (Lipinski definition) is 7. The second-order valence-corrected chi connectivity index (χ2v) is 10.3. The number of carbonyl (C=O) groups is 1. The molecule has 0 saturated carbocycles. The van der Waals surface area contributed by atoms with Gasteiger partial charge in [0.15, 0.2) is 11.0 Å². The van der Waals surface area contributed by atoms with Gasteiger partial charge in [-0.3, -0.25) is 19.5 Å². The summed E-state index contributed by atoms with van der Waals surface area (Å²) in [6.07, 6.45) is 0. The highest BCUT2D eigenvalue weighted by atomic mass is 32.2. The van der Waals surface area contributed by atoms with Crippen LogP contribution in [0, 0.1) is 10.1 Å². The first-order chi connectivity index (χ1) is 19.0. The van der Waals surface area contributed by atoms with Crippen molar-refractivity contribution in [2.45, 2.75) is 24.4 Å². The molecule has 3 aromatic carbocycles. The Kier molecular flexibility index (Phi) is 8.33. The van der Waals surface area contributed by atoms with Crippen LogP contribution < -0.4 is 0 Å². The lowest BCUT2D eigenvalue weighted by atomic mass is 10.1. The summed E-state index contributed by atoms with van der Waals surface area (Å²) in [4.78, 5) is 27.9. The van der Waals surface area contributed by atoms with Gasteiger partial charge in [0.05, 0.1) is 11.5 Å². The molecule has 0 spiro atoms. The molecule has 1 aromatic heterocycles. The second kappa shape index (κ2) is 12.2. The molecule has 0 unspecified atom stereocenters. The Morgan fingerprint density at radius 1 is 0.897 bits per heavy atom. The van der Waals surface area contributed by atoms with Gasteiger partial charge in [0.2, 0.25) is 0 Å². The standard InChI is InChI=1S/C29H30N6O3S/c1-2-32-16-18-33(19-17-32)28(36)25-10-8-23(9-11-25)21-39-29-31-30-27(24-12-14-26(15-13-24)35(37)38)34(29)20-22-6-4-3-5-7-22/h3-15H,2,16-21H2,1H3. The van der Waals surface area contributed by atoms with Crippen LogP contribution in [0.5, 0.6) is 0 Å². The van der Waals surface area contributed by atoms with Gasteiger partial charge in [-0.1, -0.05) is 61.2 Å². The number of piperazine rings is 1. The Morgan fingerprint density at radius 2 is 1.59 bits per heavy atom. The molecule has 0 radical (unpaired) electrons. The van der Waals surface area contributed by atoms with Gasteiger partial charge in [-0.25, -0.2) is 0 Å². The van der Waals surface area contributed by atoms with Crippen LogP contribution in [-0.2, 0) is 12.3 Å². The van der Waals surface area contributed by atoms with Gasteiger partial charge in [0, 0.05) is 55.2 Å². The summed E-state index contributed by atoms with van der Waals surface area (Å²) >= 11 is 1.57. The van der Waals surface area contributed by atoms with E-state index < -0.39 is 4.92 Å². The van der Waals surface area contributed by atoms with Crippen molar-refractivity contribution in [2.75, 3.05) is 32.7 Å². The van der Waals surface area contributed by atoms with Crippen LogP contribution >= 0.6 is 11.8 Å². The quantitative estimate of drug-likeness (QED) is 0.167. The average Bonchev–Trinajstić information content (AvgIpc) is 3.38. The number of nitro benzene ring substituents is 1. The molecule has 0 atom stereocenters. The monoisotopic (exact) mass is 542 g/mol. The Labute approximate surface area is 231 Å². The minimum atomic E-state index is -0.412. The molecule has 5 rings (SSSR count). The number of non-ortho nitro benzene ring substituents is 1. The fraction of sp³-hybridized carbons (Fsp3) is 0.276. The number of nitrogens with zero attached hydrogens (tertiary/aromatic N) is 6. The molecule has 2 heterocycles. The Balaban J connectivity index is 1.30. The highest BCUT2D eigenvalue weighted by Gasteiger charge is 2.21. The van der Waals surface area contributed by atoms with E-state index in [1.165, 1.54) is 12.1 Å². The molecular weight excluding hydrogens is 512 g/mol. The number of likely N-dealkylation sites (N-methyl/N-ethyl adjacent to an activating group) is 1. The Morgan fingerprint density at radius 3 is 2.23 bits per heavy atom. The summed E-state index contributed by atoms with van der Waals surface area (Å²) in [5.74, 6) is 1.40. The molecule has 39 heavy (non-hydrogen) atoms. The molecule has 0 N–H and O–H groups in total. The van der Waals surface area contributed by atoms with Crippen molar-refractivity contribution >= 4 is 23.4 Å². The molecule has 4 aromatic rings. The lowest BCUT2D eigenvalue weighted by molar-refractivity contribution is -0.384. The third kappa shape index (κ3) is 6.35. The van der Waals surface area contributed by atoms with Crippen molar-refractivity contribution in [1.29, 1.82) is 0 Å². The van der Waals surface area contributed by atoms with Crippen LogP contribution in [0.1, 0.15) is 28.4 Å². The zero-order valence-corrected chi connectivity index (χ0v) is 22.6. The number of carbonyl (C=O) groups excluding carboxylic acids is 1. The molecular formula is C29H30N6O3S. The molecule has 1 saturated heterocycles. The number of amides is 1. The summed E-state index contributed by atoms with van der Waals surface area (Å²) < 4.78 is 2.04. The largest absolute Gasteiger partial charge is 0.336 e. The lowest BCUT2D eigenvalue weighted by Crippen LogP contribution is -2.48. The third-order valence-electron chi connectivity index (χ3n) is 6.91. The zero-order chi connectivity index (χ0) is 27.2. The van der Waals surface area contributed by atoms with E-state index in [2.05, 4.69) is 22.0 Å². The van der Waals surface area contributed by atoms with E-state index in [0.29, 0.717) is 23.7 Å². The predicted octanol–water partition coefficient (Wildman–Crippen LogP) is 4.97. The van der Waals surface area contributed by atoms with Crippen LogP contribution in [-0.4, -0.2) is 68.1 Å². The topological polar surface area (TPSA) is 97.4 Å². The minimum Gasteiger partial charge on any atom is -0.336 e. The lowest BCUT2D eigenvalue weighted by Gasteiger charge is -2.34. The highest BCUT2D eigenvalue weighted by Crippen LogP contribution is 2.28. The SMILES string of the molecule is CCN1CCN(C(=O)c2ccc(CSc3nnc(-c4ccc([N+](=O)[O-])cc4)n3Cc3ccccc3)cc2)CC1. The van der Waals surface area contributed by atoms with E-state index >= 15 is 0 Å². The van der Waals surface area contributed by atoms with Gasteiger partial charge >= 0.3 is 0 Å². The molecule has 9 nitrogen and oxygen atoms in total. The molecule has 1 aliphatic rings. The molecule has 10 heteroatoms. The van der Waals surface area contributed by atoms with Gasteiger partial charge in [0.1, 0.15) is 0 Å². The number of thioether (sulfide) groups is 1. The Bertz CT molecular complexity index is 1420. The smallest absolute Gasteiger partial charge is 0.269 e. The third-order valence-corrected chi connectivity index (χ3v) is 7.95. The summed E-state index contributed by atoms with van der Waals surface area (Å²) in [6, 6.07) is 24.2. The van der Waals surface area contributed by atoms with Gasteiger partial charge in [-0.05, 0) is 41.9 Å². The maximum absolute atomic E-state index is 12.9. The maximum atomic E-state index is 12.9. The fourth-order valence-electron chi connectivity index (χ4n) is 4.59. The molecule has 0 bridgehead atoms. The molecule has 0 aliphatic carbocycles. The van der Waals surface area contributed by atoms with Gasteiger partial charge in [-0.2, -0.15) is 0 Å². The average molecular weight is 543 g/mol. The van der Waals surface area contributed by atoms with Crippen LogP contribution in [0.3, 0.4) is 0 Å². The van der Waals surface area contributed by atoms with Crippen LogP contribution in [0.25, 0.3) is 11.4 Å². The van der Waals surface area contributed by atoms with Gasteiger partial charge in [-0.15, -0.1) is 10.2 Å². The first-order valence-corrected chi connectivity index (χ1v) is 14.0. The van der Waals surface area contributed by atoms with Crippen LogP contribution in [0.4, 0.5) is 5.69 Å². The normalized spacial score (nSPS) is 13.9. The molecule has 1 amide bonds. The molecule has 200 valence electrons. The van der Waals surface area contributed by atoms with E-state index in [-0.39, 0.29) is 11.6 Å². The molecule has 1 aliphatic heterocycles. The summed E-state index contributed by atoms with van der Waals surface area (Å²) in [6.45, 7) is 7.10. The zero-order valence-electron chi connectivity index (χ0n) is 21.8. The minimum absolute atomic E-state index is 0.0348. The Hall–Kier alpha value is -4.02. The van der Waals surface area contributed by atoms with Crippen molar-refractivity contribution in [2.24, 2.45) is 0 Å². The van der Waals surface area contributed by atoms with Crippen LogP contribution in [0.2, 0.25) is 0 Å². The number of benzene rings is 3. The van der Waals surface area contributed by atoms with Gasteiger partial charge in [0.25, 0.3) is 11.6 Å². The van der Waals surface area contributed by atoms with Crippen molar-refractivity contribution in [1.82, 2.24) is 24.6 Å². The number of rotatable bonds is 9. The van der Waals surface area contributed by atoms with Crippen molar-refractivity contribution < 1.29 is 9.72 Å². The predicted molar refractivity (Wildman–Crippen MR) is 152 cm³/mol. The maximum Gasteiger partial charge on any atom is 0.269 e. The van der Waals surface area contributed by atoms with E-state index in [1.807, 2.05) is 64.1 Å². The van der Waals surface area contributed by atoms with Crippen molar-refractivity contribution in [3.8, 4) is 11.4 Å². The van der Waals surface area contributed by atoms with E-state index in [0.717, 1.165) is 54.6 Å². The van der Waals surface area contributed by atoms with Gasteiger partial charge < -0.3 is 9.80 Å². The van der Waals surface area contributed by atoms with E-state index in [1.54, 1.807) is 23.9 Å². The summed E-state index contributed by atoms with van der Waals surface area (Å²) in [7, 11) is 0. The first kappa shape index (κ1) is 26.6. The van der Waals surface area contributed by atoms with Crippen LogP contribution in [0.15, 0.2) is 84.0 Å². The summed E-state index contributed by atoms with van der Waals surface area (Å²) in [5.41, 5.74) is 3.69. The van der Waals surface area contributed by atoms with E-state index in [4.69, 9.17) is 0 Å². The summed E-state index contributed by atoms with van der Waals surface area (Å²) in [5, 5.41) is 20.7. The van der Waals surface area contributed by atoms with Crippen molar-refractivity contribution in [3.63, 3.8) is 0 Å². The number of hydrogen-bond donors (Lipinski definition) is 0.